The molecule has 2 rings (SSSR count). The molecular weight excluding hydrogens is 322 g/mol. The van der Waals surface area contributed by atoms with Crippen molar-refractivity contribution in [2.75, 3.05) is 14.2 Å². The Kier molecular flexibility index (Phi) is 5.41. The molecule has 8 heteroatoms. The highest BCUT2D eigenvalue weighted by molar-refractivity contribution is 7.89. The summed E-state index contributed by atoms with van der Waals surface area (Å²) in [6.45, 7) is 0.0858. The summed E-state index contributed by atoms with van der Waals surface area (Å²) in [6, 6.07) is 6.08. The molecule has 7 nitrogen and oxygen atoms in total. The van der Waals surface area contributed by atoms with Gasteiger partial charge in [0.15, 0.2) is 0 Å². The maximum absolute atomic E-state index is 12.5. The molecule has 0 amide bonds. The van der Waals surface area contributed by atoms with Gasteiger partial charge in [-0.05, 0) is 29.8 Å². The van der Waals surface area contributed by atoms with Crippen LogP contribution in [0.25, 0.3) is 0 Å². The molecule has 23 heavy (non-hydrogen) atoms. The van der Waals surface area contributed by atoms with Crippen LogP contribution in [-0.4, -0.2) is 28.6 Å². The fraction of sp³-hybridized carbons (Fsp3) is 0.267. The Bertz CT molecular complexity index is 767. The first-order valence-corrected chi connectivity index (χ1v) is 8.19. The zero-order valence-corrected chi connectivity index (χ0v) is 13.6. The minimum atomic E-state index is -3.80. The number of hydrogen-bond acceptors (Lipinski definition) is 6. The van der Waals surface area contributed by atoms with Gasteiger partial charge in [-0.15, -0.1) is 0 Å². The summed E-state index contributed by atoms with van der Waals surface area (Å²) in [5.74, 6) is -0.0813. The number of esters is 1. The van der Waals surface area contributed by atoms with Gasteiger partial charge in [0.1, 0.15) is 5.75 Å². The third-order valence-electron chi connectivity index (χ3n) is 3.17. The quantitative estimate of drug-likeness (QED) is 0.768. The van der Waals surface area contributed by atoms with Gasteiger partial charge in [0.05, 0.1) is 38.1 Å². The molecule has 0 bridgehead atoms. The highest BCUT2D eigenvalue weighted by atomic mass is 32.2. The minimum absolute atomic E-state index is 0.00666. The van der Waals surface area contributed by atoms with Crippen molar-refractivity contribution in [3.8, 4) is 5.75 Å². The number of rotatable bonds is 7. The predicted molar refractivity (Wildman–Crippen MR) is 81.4 cm³/mol. The van der Waals surface area contributed by atoms with E-state index >= 15 is 0 Å². The summed E-state index contributed by atoms with van der Waals surface area (Å²) in [4.78, 5) is 11.5. The molecule has 124 valence electrons. The Labute approximate surface area is 134 Å². The van der Waals surface area contributed by atoms with Gasteiger partial charge in [0.25, 0.3) is 0 Å². The van der Waals surface area contributed by atoms with Gasteiger partial charge in [-0.1, -0.05) is 0 Å². The Morgan fingerprint density at radius 2 is 2.04 bits per heavy atom. The average molecular weight is 339 g/mol. The smallest absolute Gasteiger partial charge is 0.310 e. The second kappa shape index (κ2) is 7.30. The third-order valence-corrected chi connectivity index (χ3v) is 4.67. The van der Waals surface area contributed by atoms with Crippen molar-refractivity contribution >= 4 is 16.0 Å². The van der Waals surface area contributed by atoms with E-state index in [1.807, 2.05) is 0 Å². The van der Waals surface area contributed by atoms with Crippen molar-refractivity contribution in [2.45, 2.75) is 17.9 Å². The van der Waals surface area contributed by atoms with Crippen LogP contribution in [0.5, 0.6) is 5.75 Å². The molecule has 0 spiro atoms. The van der Waals surface area contributed by atoms with E-state index in [0.717, 1.165) is 0 Å². The molecule has 0 saturated carbocycles. The van der Waals surface area contributed by atoms with E-state index in [-0.39, 0.29) is 17.9 Å². The van der Waals surface area contributed by atoms with Crippen LogP contribution in [0, 0.1) is 0 Å². The van der Waals surface area contributed by atoms with E-state index in [9.17, 15) is 13.2 Å². The summed E-state index contributed by atoms with van der Waals surface area (Å²) in [5.41, 5.74) is 0.993. The average Bonchev–Trinajstić information content (AvgIpc) is 3.06. The van der Waals surface area contributed by atoms with Crippen LogP contribution in [-0.2, 0) is 32.5 Å². The van der Waals surface area contributed by atoms with Crippen molar-refractivity contribution < 1.29 is 27.1 Å². The molecular formula is C15H17NO6S. The maximum Gasteiger partial charge on any atom is 0.310 e. The number of benzene rings is 1. The summed E-state index contributed by atoms with van der Waals surface area (Å²) in [7, 11) is -1.10. The monoisotopic (exact) mass is 339 g/mol. The fourth-order valence-electron chi connectivity index (χ4n) is 1.96. The number of nitrogens with one attached hydrogen (secondary N) is 1. The molecule has 1 N–H and O–H groups in total. The van der Waals surface area contributed by atoms with Crippen molar-refractivity contribution in [2.24, 2.45) is 0 Å². The van der Waals surface area contributed by atoms with Crippen LogP contribution >= 0.6 is 0 Å². The number of sulfonamides is 1. The van der Waals surface area contributed by atoms with Crippen molar-refractivity contribution in [3.05, 3.63) is 47.9 Å². The van der Waals surface area contributed by atoms with Gasteiger partial charge < -0.3 is 13.9 Å². The zero-order valence-electron chi connectivity index (χ0n) is 12.7. The number of carbonyl (C=O) groups is 1. The highest BCUT2D eigenvalue weighted by Crippen LogP contribution is 2.23. The van der Waals surface area contributed by atoms with E-state index in [2.05, 4.69) is 9.46 Å². The van der Waals surface area contributed by atoms with Crippen LogP contribution in [0.3, 0.4) is 0 Å². The largest absolute Gasteiger partial charge is 0.497 e. The van der Waals surface area contributed by atoms with Gasteiger partial charge in [0.2, 0.25) is 10.0 Å². The molecule has 0 atom stereocenters. The van der Waals surface area contributed by atoms with Crippen LogP contribution in [0.15, 0.2) is 46.1 Å². The summed E-state index contributed by atoms with van der Waals surface area (Å²) in [6.07, 6.45) is 2.74. The summed E-state index contributed by atoms with van der Waals surface area (Å²) >= 11 is 0. The van der Waals surface area contributed by atoms with Crippen LogP contribution in [0.1, 0.15) is 11.1 Å². The molecule has 1 aromatic heterocycles. The SMILES string of the molecule is COC(=O)Cc1cc(OC)ccc1S(=O)(=O)NCc1ccoc1. The van der Waals surface area contributed by atoms with Crippen molar-refractivity contribution in [1.82, 2.24) is 4.72 Å². The summed E-state index contributed by atoms with van der Waals surface area (Å²) < 4.78 is 42.0. The number of ether oxygens (including phenoxy) is 2. The Morgan fingerprint density at radius 3 is 2.65 bits per heavy atom. The first-order valence-electron chi connectivity index (χ1n) is 6.70. The Hall–Kier alpha value is -2.32. The molecule has 0 aliphatic heterocycles. The van der Waals surface area contributed by atoms with Gasteiger partial charge in [0, 0.05) is 12.1 Å². The normalized spacial score (nSPS) is 11.2. The lowest BCUT2D eigenvalue weighted by Gasteiger charge is -2.12. The van der Waals surface area contributed by atoms with Gasteiger partial charge in [-0.2, -0.15) is 0 Å². The van der Waals surface area contributed by atoms with Gasteiger partial charge in [-0.25, -0.2) is 13.1 Å². The first-order chi connectivity index (χ1) is 11.0. The fourth-order valence-corrected chi connectivity index (χ4v) is 3.20. The topological polar surface area (TPSA) is 94.8 Å². The zero-order chi connectivity index (χ0) is 16.9. The Morgan fingerprint density at radius 1 is 1.26 bits per heavy atom. The standard InChI is InChI=1S/C15H17NO6S/c1-20-13-3-4-14(12(7-13)8-15(17)21-2)23(18,19)16-9-11-5-6-22-10-11/h3-7,10,16H,8-9H2,1-2H3. The molecule has 2 aromatic rings. The van der Waals surface area contributed by atoms with Gasteiger partial charge >= 0.3 is 5.97 Å². The third kappa shape index (κ3) is 4.33. The lowest BCUT2D eigenvalue weighted by Crippen LogP contribution is -2.24. The number of hydrogen-bond donors (Lipinski definition) is 1. The van der Waals surface area contributed by atoms with E-state index < -0.39 is 16.0 Å². The number of methoxy groups -OCH3 is 2. The second-order valence-corrected chi connectivity index (χ2v) is 6.42. The lowest BCUT2D eigenvalue weighted by atomic mass is 10.1. The van der Waals surface area contributed by atoms with Crippen molar-refractivity contribution in [1.29, 1.82) is 0 Å². The van der Waals surface area contributed by atoms with Crippen LogP contribution in [0.4, 0.5) is 0 Å². The molecule has 0 unspecified atom stereocenters. The second-order valence-electron chi connectivity index (χ2n) is 4.68. The maximum atomic E-state index is 12.5. The molecule has 0 radical (unpaired) electrons. The minimum Gasteiger partial charge on any atom is -0.497 e. The van der Waals surface area contributed by atoms with E-state index in [1.165, 1.54) is 44.9 Å². The molecule has 0 saturated heterocycles. The first kappa shape index (κ1) is 17.0. The van der Waals surface area contributed by atoms with Gasteiger partial charge in [-0.3, -0.25) is 4.79 Å². The Balaban J connectivity index is 2.29. The van der Waals surface area contributed by atoms with Crippen LogP contribution < -0.4 is 9.46 Å². The summed E-state index contributed by atoms with van der Waals surface area (Å²) in [5, 5.41) is 0. The van der Waals surface area contributed by atoms with E-state index in [1.54, 1.807) is 6.07 Å². The number of furan rings is 1. The molecule has 1 aromatic carbocycles. The lowest BCUT2D eigenvalue weighted by molar-refractivity contribution is -0.139. The molecule has 0 fully saturated rings. The predicted octanol–water partition coefficient (Wildman–Crippen LogP) is 1.48. The molecule has 1 heterocycles. The molecule has 0 aliphatic rings. The van der Waals surface area contributed by atoms with Crippen LogP contribution in [0.2, 0.25) is 0 Å². The number of carbonyl (C=O) groups excluding carboxylic acids is 1. The highest BCUT2D eigenvalue weighted by Gasteiger charge is 2.21. The molecule has 0 aliphatic carbocycles. The van der Waals surface area contributed by atoms with E-state index in [4.69, 9.17) is 9.15 Å². The van der Waals surface area contributed by atoms with Crippen molar-refractivity contribution in [3.63, 3.8) is 0 Å². The van der Waals surface area contributed by atoms with E-state index in [0.29, 0.717) is 16.9 Å².